The van der Waals surface area contributed by atoms with Crippen molar-refractivity contribution in [1.82, 2.24) is 10.2 Å². The highest BCUT2D eigenvalue weighted by atomic mass is 16.2. The van der Waals surface area contributed by atoms with Crippen molar-refractivity contribution in [2.24, 2.45) is 22.2 Å². The molecule has 1 N–H and O–H groups in total. The third-order valence-corrected chi connectivity index (χ3v) is 6.40. The number of carbonyl (C=O) groups excluding carboxylic acids is 1. The first-order valence-electron chi connectivity index (χ1n) is 8.69. The third kappa shape index (κ3) is 2.42. The number of rotatable bonds is 2. The van der Waals surface area contributed by atoms with E-state index >= 15 is 0 Å². The minimum Gasteiger partial charge on any atom is -0.339 e. The van der Waals surface area contributed by atoms with Gasteiger partial charge in [0.2, 0.25) is 5.91 Å². The van der Waals surface area contributed by atoms with Crippen LogP contribution in [0.2, 0.25) is 0 Å². The van der Waals surface area contributed by atoms with Gasteiger partial charge in [-0.1, -0.05) is 34.6 Å². The van der Waals surface area contributed by atoms with E-state index in [-0.39, 0.29) is 5.41 Å². The fraction of sp³-hybridized carbons (Fsp3) is 0.944. The van der Waals surface area contributed by atoms with Crippen LogP contribution in [0.25, 0.3) is 0 Å². The van der Waals surface area contributed by atoms with E-state index in [0.29, 0.717) is 28.7 Å². The van der Waals surface area contributed by atoms with Crippen molar-refractivity contribution in [3.05, 3.63) is 0 Å². The van der Waals surface area contributed by atoms with Gasteiger partial charge in [0, 0.05) is 19.1 Å². The summed E-state index contributed by atoms with van der Waals surface area (Å²) < 4.78 is 0. The van der Waals surface area contributed by atoms with Crippen LogP contribution in [0.3, 0.4) is 0 Å². The highest BCUT2D eigenvalue weighted by molar-refractivity contribution is 5.84. The van der Waals surface area contributed by atoms with Crippen LogP contribution in [-0.4, -0.2) is 36.5 Å². The van der Waals surface area contributed by atoms with Crippen molar-refractivity contribution in [1.29, 1.82) is 0 Å². The predicted octanol–water partition coefficient (Wildman–Crippen LogP) is 3.05. The summed E-state index contributed by atoms with van der Waals surface area (Å²) in [6.07, 6.45) is 4.65. The maximum atomic E-state index is 13.4. The summed E-state index contributed by atoms with van der Waals surface area (Å²) >= 11 is 0. The molecule has 3 aliphatic rings. The first-order chi connectivity index (χ1) is 9.68. The zero-order valence-corrected chi connectivity index (χ0v) is 14.5. The maximum Gasteiger partial charge on any atom is 0.230 e. The summed E-state index contributed by atoms with van der Waals surface area (Å²) in [5.74, 6) is 0.857. The van der Waals surface area contributed by atoms with Gasteiger partial charge in [-0.25, -0.2) is 0 Å². The molecule has 0 spiro atoms. The molecule has 0 aromatic carbocycles. The van der Waals surface area contributed by atoms with Crippen LogP contribution in [0.1, 0.15) is 60.3 Å². The van der Waals surface area contributed by atoms with E-state index in [9.17, 15) is 4.79 Å². The van der Waals surface area contributed by atoms with Crippen LogP contribution in [-0.2, 0) is 4.79 Å². The molecule has 3 atom stereocenters. The maximum absolute atomic E-state index is 13.4. The Labute approximate surface area is 129 Å². The van der Waals surface area contributed by atoms with Crippen LogP contribution >= 0.6 is 0 Å². The molecular weight excluding hydrogens is 260 g/mol. The number of nitrogens with one attached hydrogen (secondary N) is 1. The van der Waals surface area contributed by atoms with E-state index in [2.05, 4.69) is 44.8 Å². The Bertz CT molecular complexity index is 436. The SMILES string of the molecule is CC(C)C1(C(=O)N2CC3(C)CC2CC(C)(C)C3)CCNC1. The molecule has 2 bridgehead atoms. The van der Waals surface area contributed by atoms with Gasteiger partial charge in [0.05, 0.1) is 5.41 Å². The van der Waals surface area contributed by atoms with E-state index in [1.165, 1.54) is 19.3 Å². The van der Waals surface area contributed by atoms with Gasteiger partial charge in [-0.2, -0.15) is 0 Å². The molecule has 21 heavy (non-hydrogen) atoms. The Morgan fingerprint density at radius 1 is 1.24 bits per heavy atom. The molecular formula is C18H32N2O. The zero-order chi connectivity index (χ0) is 15.5. The van der Waals surface area contributed by atoms with Crippen LogP contribution in [0, 0.1) is 22.2 Å². The molecule has 2 heterocycles. The second-order valence-corrected chi connectivity index (χ2v) is 9.38. The third-order valence-electron chi connectivity index (χ3n) is 6.40. The lowest BCUT2D eigenvalue weighted by Gasteiger charge is -2.40. The molecule has 0 radical (unpaired) electrons. The van der Waals surface area contributed by atoms with E-state index in [0.717, 1.165) is 26.1 Å². The Balaban J connectivity index is 1.86. The van der Waals surface area contributed by atoms with Gasteiger partial charge in [-0.15, -0.1) is 0 Å². The van der Waals surface area contributed by atoms with Gasteiger partial charge >= 0.3 is 0 Å². The monoisotopic (exact) mass is 292 g/mol. The van der Waals surface area contributed by atoms with E-state index < -0.39 is 0 Å². The molecule has 3 unspecified atom stereocenters. The minimum absolute atomic E-state index is 0.155. The summed E-state index contributed by atoms with van der Waals surface area (Å²) in [4.78, 5) is 15.7. The quantitative estimate of drug-likeness (QED) is 0.848. The molecule has 1 aliphatic carbocycles. The van der Waals surface area contributed by atoms with Crippen molar-refractivity contribution >= 4 is 5.91 Å². The van der Waals surface area contributed by atoms with Gasteiger partial charge in [-0.3, -0.25) is 4.79 Å². The van der Waals surface area contributed by atoms with Crippen LogP contribution < -0.4 is 5.32 Å². The lowest BCUT2D eigenvalue weighted by Crippen LogP contribution is -2.50. The van der Waals surface area contributed by atoms with Crippen molar-refractivity contribution in [3.8, 4) is 0 Å². The lowest BCUT2D eigenvalue weighted by molar-refractivity contribution is -0.145. The second-order valence-electron chi connectivity index (χ2n) is 9.38. The Morgan fingerprint density at radius 3 is 2.52 bits per heavy atom. The first kappa shape index (κ1) is 15.3. The Kier molecular flexibility index (Phi) is 3.44. The fourth-order valence-electron chi connectivity index (χ4n) is 5.62. The fourth-order valence-corrected chi connectivity index (χ4v) is 5.62. The van der Waals surface area contributed by atoms with Crippen molar-refractivity contribution in [3.63, 3.8) is 0 Å². The van der Waals surface area contributed by atoms with Crippen molar-refractivity contribution in [2.75, 3.05) is 19.6 Å². The number of carbonyl (C=O) groups is 1. The minimum atomic E-state index is -0.155. The normalized spacial score (nSPS) is 41.8. The van der Waals surface area contributed by atoms with Crippen LogP contribution in [0.5, 0.6) is 0 Å². The molecule has 1 saturated carbocycles. The molecule has 1 amide bonds. The van der Waals surface area contributed by atoms with Crippen LogP contribution in [0.15, 0.2) is 0 Å². The van der Waals surface area contributed by atoms with Gasteiger partial charge < -0.3 is 10.2 Å². The molecule has 3 heteroatoms. The standard InChI is InChI=1S/C18H32N2O/c1-13(2)18(6-7-19-11-18)15(21)20-12-17(5)9-14(20)8-16(3,4)10-17/h13-14,19H,6-12H2,1-5H3. The van der Waals surface area contributed by atoms with Crippen LogP contribution in [0.4, 0.5) is 0 Å². The smallest absolute Gasteiger partial charge is 0.230 e. The Hall–Kier alpha value is -0.570. The molecule has 0 aromatic rings. The van der Waals surface area contributed by atoms with Crippen molar-refractivity contribution < 1.29 is 4.79 Å². The molecule has 3 nitrogen and oxygen atoms in total. The number of hydrogen-bond acceptors (Lipinski definition) is 2. The topological polar surface area (TPSA) is 32.3 Å². The highest BCUT2D eigenvalue weighted by Crippen LogP contribution is 2.53. The first-order valence-corrected chi connectivity index (χ1v) is 8.69. The zero-order valence-electron chi connectivity index (χ0n) is 14.5. The van der Waals surface area contributed by atoms with E-state index in [4.69, 9.17) is 0 Å². The van der Waals surface area contributed by atoms with Gasteiger partial charge in [0.25, 0.3) is 0 Å². The summed E-state index contributed by atoms with van der Waals surface area (Å²) in [7, 11) is 0. The molecule has 2 saturated heterocycles. The highest BCUT2D eigenvalue weighted by Gasteiger charge is 2.55. The Morgan fingerprint density at radius 2 is 1.95 bits per heavy atom. The number of nitrogens with zero attached hydrogens (tertiary/aromatic N) is 1. The van der Waals surface area contributed by atoms with Crippen molar-refractivity contribution in [2.45, 2.75) is 66.3 Å². The molecule has 0 aromatic heterocycles. The van der Waals surface area contributed by atoms with E-state index in [1.807, 2.05) is 0 Å². The number of amides is 1. The van der Waals surface area contributed by atoms with Gasteiger partial charge in [0.15, 0.2) is 0 Å². The largest absolute Gasteiger partial charge is 0.339 e. The number of likely N-dealkylation sites (tertiary alicyclic amines) is 1. The number of hydrogen-bond donors (Lipinski definition) is 1. The summed E-state index contributed by atoms with van der Waals surface area (Å²) in [5, 5.41) is 3.44. The average molecular weight is 292 g/mol. The van der Waals surface area contributed by atoms with E-state index in [1.54, 1.807) is 0 Å². The molecule has 3 fully saturated rings. The van der Waals surface area contributed by atoms with Gasteiger partial charge in [-0.05, 0) is 49.0 Å². The van der Waals surface area contributed by atoms with Gasteiger partial charge in [0.1, 0.15) is 0 Å². The predicted molar refractivity (Wildman–Crippen MR) is 86.0 cm³/mol. The molecule has 2 aliphatic heterocycles. The summed E-state index contributed by atoms with van der Waals surface area (Å²) in [5.41, 5.74) is 0.565. The molecule has 3 rings (SSSR count). The second kappa shape index (κ2) is 4.71. The summed E-state index contributed by atoms with van der Waals surface area (Å²) in [6.45, 7) is 14.4. The number of fused-ring (bicyclic) bond motifs is 2. The summed E-state index contributed by atoms with van der Waals surface area (Å²) in [6, 6.07) is 0.475. The lowest BCUT2D eigenvalue weighted by atomic mass is 9.65. The average Bonchev–Trinajstić information content (AvgIpc) is 2.90. The molecule has 120 valence electrons.